The molecule has 0 aliphatic carbocycles. The van der Waals surface area contributed by atoms with Crippen LogP contribution in [0.1, 0.15) is 52.4 Å². The molecule has 1 aliphatic heterocycles. The second-order valence-corrected chi connectivity index (χ2v) is 7.48. The maximum atomic E-state index is 11.0. The summed E-state index contributed by atoms with van der Waals surface area (Å²) in [6.45, 7) is 8.65. The van der Waals surface area contributed by atoms with Gasteiger partial charge >= 0.3 is 5.97 Å². The maximum absolute atomic E-state index is 11.0. The summed E-state index contributed by atoms with van der Waals surface area (Å²) in [5.74, 6) is -1.14. The smallest absolute Gasteiger partial charge is 0.332 e. The molecule has 0 aromatic heterocycles. The van der Waals surface area contributed by atoms with Crippen LogP contribution in [0.25, 0.3) is 0 Å². The summed E-state index contributed by atoms with van der Waals surface area (Å²) in [5, 5.41) is 9.00. The zero-order valence-electron chi connectivity index (χ0n) is 17.8. The molecule has 7 heteroatoms. The first kappa shape index (κ1) is 23.8. The number of hydrogen-bond acceptors (Lipinski definition) is 6. The molecule has 2 rings (SSSR count). The number of hydrogen-bond donors (Lipinski definition) is 1. The first-order valence-electron chi connectivity index (χ1n) is 10.4. The molecule has 29 heavy (non-hydrogen) atoms. The highest BCUT2D eigenvalue weighted by Crippen LogP contribution is 2.29. The summed E-state index contributed by atoms with van der Waals surface area (Å²) in [6, 6.07) is 9.80. The summed E-state index contributed by atoms with van der Waals surface area (Å²) in [7, 11) is 0. The highest BCUT2D eigenvalue weighted by molar-refractivity contribution is 5.71. The van der Waals surface area contributed by atoms with Crippen molar-refractivity contribution in [2.75, 3.05) is 19.8 Å². The van der Waals surface area contributed by atoms with Gasteiger partial charge in [0.15, 0.2) is 18.7 Å². The number of carboxylic acids is 1. The molecule has 164 valence electrons. The fourth-order valence-corrected chi connectivity index (χ4v) is 2.87. The molecular weight excluding hydrogens is 376 g/mol. The van der Waals surface area contributed by atoms with Crippen LogP contribution in [-0.2, 0) is 28.5 Å². The lowest BCUT2D eigenvalue weighted by Crippen LogP contribution is -2.45. The van der Waals surface area contributed by atoms with E-state index in [1.807, 2.05) is 44.2 Å². The molecule has 0 amide bonds. The van der Waals surface area contributed by atoms with Crippen LogP contribution in [0.2, 0.25) is 0 Å². The number of rotatable bonds is 12. The lowest BCUT2D eigenvalue weighted by Gasteiger charge is -2.37. The Kier molecular flexibility index (Phi) is 10.0. The third-order valence-corrected chi connectivity index (χ3v) is 4.86. The fourth-order valence-electron chi connectivity index (χ4n) is 2.87. The van der Waals surface area contributed by atoms with Crippen LogP contribution < -0.4 is 0 Å². The first-order chi connectivity index (χ1) is 13.9. The van der Waals surface area contributed by atoms with Crippen molar-refractivity contribution >= 4 is 5.97 Å². The van der Waals surface area contributed by atoms with E-state index in [0.717, 1.165) is 18.4 Å². The second-order valence-electron chi connectivity index (χ2n) is 7.48. The molecule has 1 aromatic rings. The van der Waals surface area contributed by atoms with Gasteiger partial charge in [0, 0.05) is 18.1 Å². The molecule has 1 aromatic carbocycles. The van der Waals surface area contributed by atoms with E-state index in [2.05, 4.69) is 6.92 Å². The summed E-state index contributed by atoms with van der Waals surface area (Å²) >= 11 is 0. The van der Waals surface area contributed by atoms with Gasteiger partial charge in [0.2, 0.25) is 0 Å². The minimum atomic E-state index is -0.990. The lowest BCUT2D eigenvalue weighted by atomic mass is 10.1. The molecular formula is C22H34O7. The summed E-state index contributed by atoms with van der Waals surface area (Å²) in [6.07, 6.45) is -0.363. The normalized spacial score (nSPS) is 25.3. The SMILES string of the molecule is CCCCO[C@H](OC1COC(c2ccccc2)O[C@H]1C)[C@@H](C)CO[C@H](C)C(=O)O. The number of carboxylic acid groups (broad SMARTS) is 1. The van der Waals surface area contributed by atoms with Gasteiger partial charge < -0.3 is 28.8 Å². The van der Waals surface area contributed by atoms with E-state index in [9.17, 15) is 4.79 Å². The van der Waals surface area contributed by atoms with Crippen LogP contribution in [-0.4, -0.2) is 55.5 Å². The van der Waals surface area contributed by atoms with Gasteiger partial charge in [-0.2, -0.15) is 0 Å². The van der Waals surface area contributed by atoms with Gasteiger partial charge in [-0.25, -0.2) is 4.79 Å². The molecule has 0 radical (unpaired) electrons. The average Bonchev–Trinajstić information content (AvgIpc) is 2.72. The second kappa shape index (κ2) is 12.2. The minimum absolute atomic E-state index is 0.146. The Morgan fingerprint density at radius 2 is 1.97 bits per heavy atom. The predicted octanol–water partition coefficient (Wildman–Crippen LogP) is 3.77. The third-order valence-electron chi connectivity index (χ3n) is 4.86. The van der Waals surface area contributed by atoms with E-state index in [0.29, 0.717) is 13.2 Å². The number of ether oxygens (including phenoxy) is 5. The average molecular weight is 411 g/mol. The van der Waals surface area contributed by atoms with Crippen LogP contribution in [0.5, 0.6) is 0 Å². The van der Waals surface area contributed by atoms with Crippen LogP contribution in [0.4, 0.5) is 0 Å². The fraction of sp³-hybridized carbons (Fsp3) is 0.682. The molecule has 0 spiro atoms. The van der Waals surface area contributed by atoms with Gasteiger partial charge in [-0.05, 0) is 20.3 Å². The molecule has 0 bridgehead atoms. The number of benzene rings is 1. The Bertz CT molecular complexity index is 594. The van der Waals surface area contributed by atoms with Crippen molar-refractivity contribution in [3.8, 4) is 0 Å². The molecule has 1 N–H and O–H groups in total. The molecule has 1 saturated heterocycles. The molecule has 6 atom stereocenters. The highest BCUT2D eigenvalue weighted by atomic mass is 16.7. The molecule has 1 fully saturated rings. The largest absolute Gasteiger partial charge is 0.479 e. The van der Waals surface area contributed by atoms with E-state index < -0.39 is 24.7 Å². The van der Waals surface area contributed by atoms with E-state index in [-0.39, 0.29) is 24.7 Å². The van der Waals surface area contributed by atoms with Crippen molar-refractivity contribution < 1.29 is 33.6 Å². The Hall–Kier alpha value is -1.51. The van der Waals surface area contributed by atoms with Gasteiger partial charge in [-0.3, -0.25) is 0 Å². The van der Waals surface area contributed by atoms with Crippen LogP contribution in [0, 0.1) is 5.92 Å². The first-order valence-corrected chi connectivity index (χ1v) is 10.4. The van der Waals surface area contributed by atoms with Crippen molar-refractivity contribution in [2.45, 2.75) is 71.4 Å². The van der Waals surface area contributed by atoms with Gasteiger partial charge in [-0.1, -0.05) is 50.6 Å². The summed E-state index contributed by atoms with van der Waals surface area (Å²) in [4.78, 5) is 11.0. The van der Waals surface area contributed by atoms with E-state index >= 15 is 0 Å². The quantitative estimate of drug-likeness (QED) is 0.415. The third kappa shape index (κ3) is 7.68. The minimum Gasteiger partial charge on any atom is -0.479 e. The Morgan fingerprint density at radius 3 is 2.59 bits per heavy atom. The Morgan fingerprint density at radius 1 is 1.24 bits per heavy atom. The van der Waals surface area contributed by atoms with E-state index in [1.54, 1.807) is 0 Å². The van der Waals surface area contributed by atoms with Gasteiger partial charge in [0.1, 0.15) is 6.10 Å². The van der Waals surface area contributed by atoms with Gasteiger partial charge in [-0.15, -0.1) is 0 Å². The van der Waals surface area contributed by atoms with E-state index in [1.165, 1.54) is 6.92 Å². The summed E-state index contributed by atoms with van der Waals surface area (Å²) < 4.78 is 29.4. The topological polar surface area (TPSA) is 83.5 Å². The van der Waals surface area contributed by atoms with Crippen molar-refractivity contribution in [1.82, 2.24) is 0 Å². The van der Waals surface area contributed by atoms with Gasteiger partial charge in [0.05, 0.1) is 19.3 Å². The van der Waals surface area contributed by atoms with Crippen LogP contribution in [0.15, 0.2) is 30.3 Å². The standard InChI is InChI=1S/C22H34O7/c1-5-6-12-25-21(15(2)13-26-17(4)20(23)24)29-19-14-27-22(28-16(19)3)18-10-8-7-9-11-18/h7-11,15-17,19,21-22H,5-6,12-14H2,1-4H3,(H,23,24)/t15-,16-,17+,19?,21+,22?/m0/s1. The lowest BCUT2D eigenvalue weighted by molar-refractivity contribution is -0.299. The number of carbonyl (C=O) groups is 1. The van der Waals surface area contributed by atoms with Crippen LogP contribution >= 0.6 is 0 Å². The van der Waals surface area contributed by atoms with Crippen molar-refractivity contribution in [3.05, 3.63) is 35.9 Å². The highest BCUT2D eigenvalue weighted by Gasteiger charge is 2.34. The number of unbranched alkanes of at least 4 members (excludes halogenated alkanes) is 1. The zero-order valence-corrected chi connectivity index (χ0v) is 17.8. The summed E-state index contributed by atoms with van der Waals surface area (Å²) in [5.41, 5.74) is 0.970. The van der Waals surface area contributed by atoms with Crippen LogP contribution in [0.3, 0.4) is 0 Å². The monoisotopic (exact) mass is 410 g/mol. The van der Waals surface area contributed by atoms with E-state index in [4.69, 9.17) is 28.8 Å². The predicted molar refractivity (Wildman–Crippen MR) is 107 cm³/mol. The molecule has 7 nitrogen and oxygen atoms in total. The zero-order chi connectivity index (χ0) is 21.2. The number of aliphatic carboxylic acids is 1. The van der Waals surface area contributed by atoms with Crippen molar-refractivity contribution in [2.24, 2.45) is 5.92 Å². The molecule has 1 heterocycles. The van der Waals surface area contributed by atoms with Gasteiger partial charge in [0.25, 0.3) is 0 Å². The molecule has 0 saturated carbocycles. The Labute approximate surface area is 173 Å². The molecule has 2 unspecified atom stereocenters. The Balaban J connectivity index is 1.92. The maximum Gasteiger partial charge on any atom is 0.332 e. The molecule has 1 aliphatic rings. The van der Waals surface area contributed by atoms with Crippen molar-refractivity contribution in [3.63, 3.8) is 0 Å². The van der Waals surface area contributed by atoms with Crippen molar-refractivity contribution in [1.29, 1.82) is 0 Å².